The number of thioether (sulfide) groups is 1. The zero-order valence-corrected chi connectivity index (χ0v) is 11.3. The van der Waals surface area contributed by atoms with E-state index in [-0.39, 0.29) is 17.5 Å². The van der Waals surface area contributed by atoms with Gasteiger partial charge in [-0.05, 0) is 29.8 Å². The van der Waals surface area contributed by atoms with E-state index < -0.39 is 0 Å². The average Bonchev–Trinajstić information content (AvgIpc) is 2.47. The molecule has 1 heterocycles. The Labute approximate surface area is 120 Å². The van der Waals surface area contributed by atoms with E-state index in [1.807, 2.05) is 0 Å². The number of aromatic nitrogens is 1. The Kier molecular flexibility index (Phi) is 5.25. The Hall–Kier alpha value is -2.21. The van der Waals surface area contributed by atoms with Crippen LogP contribution in [0.2, 0.25) is 0 Å². The minimum atomic E-state index is -0.328. The summed E-state index contributed by atoms with van der Waals surface area (Å²) in [5.41, 5.74) is 3.22. The van der Waals surface area contributed by atoms with E-state index in [1.54, 1.807) is 42.7 Å². The zero-order chi connectivity index (χ0) is 14.2. The van der Waals surface area contributed by atoms with Gasteiger partial charge in [-0.3, -0.25) is 9.78 Å². The summed E-state index contributed by atoms with van der Waals surface area (Å²) in [5.74, 6) is -0.511. The molecule has 0 aliphatic carbocycles. The number of amides is 1. The molecule has 0 saturated heterocycles. The smallest absolute Gasteiger partial charge is 0.250 e. The lowest BCUT2D eigenvalue weighted by atomic mass is 10.3. The highest BCUT2D eigenvalue weighted by Crippen LogP contribution is 2.20. The SMILES string of the molecule is O=C(CSc1ccccc1F)N/N=C\c1ccncc1. The monoisotopic (exact) mass is 289 g/mol. The third-order valence-electron chi connectivity index (χ3n) is 2.30. The number of halogens is 1. The van der Waals surface area contributed by atoms with Gasteiger partial charge in [-0.25, -0.2) is 9.82 Å². The van der Waals surface area contributed by atoms with Crippen LogP contribution in [0.3, 0.4) is 0 Å². The van der Waals surface area contributed by atoms with Crippen molar-refractivity contribution < 1.29 is 9.18 Å². The number of carbonyl (C=O) groups excluding carboxylic acids is 1. The lowest BCUT2D eigenvalue weighted by Crippen LogP contribution is -2.19. The maximum atomic E-state index is 13.3. The summed E-state index contributed by atoms with van der Waals surface area (Å²) >= 11 is 1.13. The third kappa shape index (κ3) is 4.47. The lowest BCUT2D eigenvalue weighted by molar-refractivity contribution is -0.118. The Morgan fingerprint density at radius 3 is 2.80 bits per heavy atom. The van der Waals surface area contributed by atoms with Gasteiger partial charge in [0, 0.05) is 17.3 Å². The normalized spacial score (nSPS) is 10.7. The van der Waals surface area contributed by atoms with Gasteiger partial charge in [-0.15, -0.1) is 11.8 Å². The van der Waals surface area contributed by atoms with Crippen molar-refractivity contribution in [3.63, 3.8) is 0 Å². The van der Waals surface area contributed by atoms with E-state index in [2.05, 4.69) is 15.5 Å². The van der Waals surface area contributed by atoms with Crippen molar-refractivity contribution in [2.24, 2.45) is 5.10 Å². The number of hydrogen-bond donors (Lipinski definition) is 1. The predicted octanol–water partition coefficient (Wildman–Crippen LogP) is 2.46. The van der Waals surface area contributed by atoms with Crippen LogP contribution in [0.25, 0.3) is 0 Å². The van der Waals surface area contributed by atoms with Crippen LogP contribution >= 0.6 is 11.8 Å². The molecule has 1 amide bonds. The van der Waals surface area contributed by atoms with Crippen LogP contribution in [0.4, 0.5) is 4.39 Å². The summed E-state index contributed by atoms with van der Waals surface area (Å²) < 4.78 is 13.3. The molecule has 20 heavy (non-hydrogen) atoms. The van der Waals surface area contributed by atoms with Crippen molar-refractivity contribution in [2.45, 2.75) is 4.90 Å². The standard InChI is InChI=1S/C14H12FN3OS/c15-12-3-1-2-4-13(12)20-10-14(19)18-17-9-11-5-7-16-8-6-11/h1-9H,10H2,(H,18,19)/b17-9-. The predicted molar refractivity (Wildman–Crippen MR) is 77.1 cm³/mol. The fourth-order valence-electron chi connectivity index (χ4n) is 1.37. The largest absolute Gasteiger partial charge is 0.272 e. The molecule has 2 aromatic rings. The highest BCUT2D eigenvalue weighted by Gasteiger charge is 2.05. The number of pyridine rings is 1. The number of rotatable bonds is 5. The third-order valence-corrected chi connectivity index (χ3v) is 3.35. The Balaban J connectivity index is 1.79. The molecule has 4 nitrogen and oxygen atoms in total. The van der Waals surface area contributed by atoms with E-state index in [4.69, 9.17) is 0 Å². The minimum Gasteiger partial charge on any atom is -0.272 e. The first-order valence-corrected chi connectivity index (χ1v) is 6.83. The average molecular weight is 289 g/mol. The van der Waals surface area contributed by atoms with Crippen molar-refractivity contribution in [3.8, 4) is 0 Å². The Bertz CT molecular complexity index is 604. The number of hydrogen-bond acceptors (Lipinski definition) is 4. The van der Waals surface area contributed by atoms with Crippen LogP contribution in [0, 0.1) is 5.82 Å². The molecule has 0 aliphatic heterocycles. The molecule has 1 N–H and O–H groups in total. The lowest BCUT2D eigenvalue weighted by Gasteiger charge is -2.01. The van der Waals surface area contributed by atoms with E-state index in [0.717, 1.165) is 17.3 Å². The molecule has 0 aliphatic rings. The maximum Gasteiger partial charge on any atom is 0.250 e. The first-order chi connectivity index (χ1) is 9.75. The van der Waals surface area contributed by atoms with Crippen molar-refractivity contribution in [1.29, 1.82) is 0 Å². The second-order valence-corrected chi connectivity index (χ2v) is 4.81. The molecule has 1 aromatic heterocycles. The molecule has 0 radical (unpaired) electrons. The fourth-order valence-corrected chi connectivity index (χ4v) is 2.10. The summed E-state index contributed by atoms with van der Waals surface area (Å²) in [5, 5.41) is 3.82. The number of nitrogens with zero attached hydrogens (tertiary/aromatic N) is 2. The van der Waals surface area contributed by atoms with Crippen LogP contribution in [-0.4, -0.2) is 22.9 Å². The van der Waals surface area contributed by atoms with Crippen LogP contribution in [0.15, 0.2) is 58.8 Å². The molecule has 0 bridgehead atoms. The molecule has 0 fully saturated rings. The highest BCUT2D eigenvalue weighted by atomic mass is 32.2. The van der Waals surface area contributed by atoms with Crippen molar-refractivity contribution in [3.05, 3.63) is 60.2 Å². The molecule has 0 atom stereocenters. The molecule has 1 aromatic carbocycles. The van der Waals surface area contributed by atoms with Crippen LogP contribution in [0.5, 0.6) is 0 Å². The first-order valence-electron chi connectivity index (χ1n) is 5.85. The highest BCUT2D eigenvalue weighted by molar-refractivity contribution is 8.00. The molecule has 0 unspecified atom stereocenters. The topological polar surface area (TPSA) is 54.4 Å². The molecule has 102 valence electrons. The van der Waals surface area contributed by atoms with Gasteiger partial charge in [0.25, 0.3) is 0 Å². The van der Waals surface area contributed by atoms with Gasteiger partial charge in [0.1, 0.15) is 5.82 Å². The van der Waals surface area contributed by atoms with Gasteiger partial charge < -0.3 is 0 Å². The quantitative estimate of drug-likeness (QED) is 0.522. The van der Waals surface area contributed by atoms with Crippen molar-refractivity contribution >= 4 is 23.9 Å². The minimum absolute atomic E-state index is 0.106. The Morgan fingerprint density at radius 1 is 1.30 bits per heavy atom. The number of hydrazone groups is 1. The molecule has 6 heteroatoms. The van der Waals surface area contributed by atoms with Crippen LogP contribution < -0.4 is 5.43 Å². The van der Waals surface area contributed by atoms with Gasteiger partial charge in [-0.2, -0.15) is 5.10 Å². The second-order valence-electron chi connectivity index (χ2n) is 3.79. The molecule has 0 saturated carbocycles. The van der Waals surface area contributed by atoms with Crippen molar-refractivity contribution in [1.82, 2.24) is 10.4 Å². The van der Waals surface area contributed by atoms with Gasteiger partial charge in [0.15, 0.2) is 0 Å². The van der Waals surface area contributed by atoms with Crippen LogP contribution in [0.1, 0.15) is 5.56 Å². The van der Waals surface area contributed by atoms with E-state index in [0.29, 0.717) is 4.90 Å². The molecular weight excluding hydrogens is 277 g/mol. The molecular formula is C14H12FN3OS. The van der Waals surface area contributed by atoms with E-state index in [9.17, 15) is 9.18 Å². The summed E-state index contributed by atoms with van der Waals surface area (Å²) in [6, 6.07) is 9.87. The summed E-state index contributed by atoms with van der Waals surface area (Å²) in [6.45, 7) is 0. The Morgan fingerprint density at radius 2 is 2.05 bits per heavy atom. The molecule has 0 spiro atoms. The van der Waals surface area contributed by atoms with E-state index >= 15 is 0 Å². The van der Waals surface area contributed by atoms with Gasteiger partial charge in [0.2, 0.25) is 5.91 Å². The van der Waals surface area contributed by atoms with Crippen LogP contribution in [-0.2, 0) is 4.79 Å². The maximum absolute atomic E-state index is 13.3. The number of nitrogens with one attached hydrogen (secondary N) is 1. The number of benzene rings is 1. The fraction of sp³-hybridized carbons (Fsp3) is 0.0714. The number of carbonyl (C=O) groups is 1. The van der Waals surface area contributed by atoms with Gasteiger partial charge in [-0.1, -0.05) is 12.1 Å². The summed E-state index contributed by atoms with van der Waals surface area (Å²) in [6.07, 6.45) is 4.79. The zero-order valence-electron chi connectivity index (χ0n) is 10.5. The summed E-state index contributed by atoms with van der Waals surface area (Å²) in [4.78, 5) is 15.9. The van der Waals surface area contributed by atoms with Gasteiger partial charge in [0.05, 0.1) is 12.0 Å². The second kappa shape index (κ2) is 7.40. The molecule has 2 rings (SSSR count). The first kappa shape index (κ1) is 14.2. The van der Waals surface area contributed by atoms with Gasteiger partial charge >= 0.3 is 0 Å². The summed E-state index contributed by atoms with van der Waals surface area (Å²) in [7, 11) is 0. The van der Waals surface area contributed by atoms with E-state index in [1.165, 1.54) is 12.3 Å². The van der Waals surface area contributed by atoms with Crippen molar-refractivity contribution in [2.75, 3.05) is 5.75 Å².